The van der Waals surface area contributed by atoms with Crippen LogP contribution in [0.1, 0.15) is 5.56 Å². The third kappa shape index (κ3) is 1.66. The predicted molar refractivity (Wildman–Crippen MR) is 70.1 cm³/mol. The van der Waals surface area contributed by atoms with Crippen LogP contribution in [0, 0.1) is 18.6 Å². The van der Waals surface area contributed by atoms with E-state index in [2.05, 4.69) is 4.98 Å². The second-order valence-corrected chi connectivity index (χ2v) is 4.32. The average Bonchev–Trinajstić information content (AvgIpc) is 2.68. The van der Waals surface area contributed by atoms with E-state index in [9.17, 15) is 8.78 Å². The number of benzene rings is 2. The summed E-state index contributed by atoms with van der Waals surface area (Å²) in [5.74, 6) is -1.28. The van der Waals surface area contributed by atoms with Crippen LogP contribution in [0.15, 0.2) is 36.4 Å². The number of rotatable bonds is 1. The molecule has 0 radical (unpaired) electrons. The van der Waals surface area contributed by atoms with Crippen LogP contribution in [-0.4, -0.2) is 9.55 Å². The van der Waals surface area contributed by atoms with E-state index < -0.39 is 11.6 Å². The van der Waals surface area contributed by atoms with Crippen molar-refractivity contribution < 1.29 is 8.78 Å². The molecule has 2 aromatic carbocycles. The highest BCUT2D eigenvalue weighted by atomic mass is 19.1. The molecule has 0 atom stereocenters. The molecule has 0 aliphatic carbocycles. The standard InChI is InChI=1S/C14H11F2N3/c1-8-4-2-7-11-12(8)18-14(17)19(11)13-9(15)5-3-6-10(13)16/h2-7H,1H3,(H2,17,18). The fraction of sp³-hybridized carbons (Fsp3) is 0.0714. The Morgan fingerprint density at radius 2 is 1.68 bits per heavy atom. The van der Waals surface area contributed by atoms with Gasteiger partial charge in [0.05, 0.1) is 11.0 Å². The van der Waals surface area contributed by atoms with Gasteiger partial charge in [0.2, 0.25) is 5.95 Å². The number of aryl methyl sites for hydroxylation is 1. The van der Waals surface area contributed by atoms with Gasteiger partial charge in [0.25, 0.3) is 0 Å². The summed E-state index contributed by atoms with van der Waals surface area (Å²) >= 11 is 0. The molecule has 0 unspecified atom stereocenters. The largest absolute Gasteiger partial charge is 0.369 e. The Morgan fingerprint density at radius 1 is 1.05 bits per heavy atom. The maximum atomic E-state index is 13.9. The molecule has 3 rings (SSSR count). The molecule has 0 aliphatic rings. The van der Waals surface area contributed by atoms with Crippen LogP contribution >= 0.6 is 0 Å². The zero-order chi connectivity index (χ0) is 13.6. The van der Waals surface area contributed by atoms with Crippen molar-refractivity contribution in [2.24, 2.45) is 0 Å². The minimum Gasteiger partial charge on any atom is -0.369 e. The normalized spacial score (nSPS) is 11.1. The molecule has 0 amide bonds. The first-order valence-corrected chi connectivity index (χ1v) is 5.77. The number of imidazole rings is 1. The topological polar surface area (TPSA) is 43.8 Å². The fourth-order valence-electron chi connectivity index (χ4n) is 2.19. The van der Waals surface area contributed by atoms with E-state index in [4.69, 9.17) is 5.73 Å². The lowest BCUT2D eigenvalue weighted by Gasteiger charge is -2.08. The molecule has 1 heterocycles. The second kappa shape index (κ2) is 4.05. The molecule has 96 valence electrons. The summed E-state index contributed by atoms with van der Waals surface area (Å²) < 4.78 is 29.1. The van der Waals surface area contributed by atoms with Gasteiger partial charge in [0.15, 0.2) is 0 Å². The number of nitrogen functional groups attached to an aromatic ring is 1. The molecule has 2 N–H and O–H groups in total. The molecule has 0 saturated heterocycles. The molecule has 3 nitrogen and oxygen atoms in total. The molecule has 19 heavy (non-hydrogen) atoms. The molecular formula is C14H11F2N3. The number of hydrogen-bond donors (Lipinski definition) is 1. The molecule has 0 spiro atoms. The van der Waals surface area contributed by atoms with E-state index in [0.29, 0.717) is 11.0 Å². The summed E-state index contributed by atoms with van der Waals surface area (Å²) in [6.07, 6.45) is 0. The number of anilines is 1. The Labute approximate surface area is 108 Å². The summed E-state index contributed by atoms with van der Waals surface area (Å²) in [5, 5.41) is 0. The van der Waals surface area contributed by atoms with Crippen molar-refractivity contribution in [3.8, 4) is 5.69 Å². The summed E-state index contributed by atoms with van der Waals surface area (Å²) in [5.41, 5.74) is 7.74. The molecule has 1 aromatic heterocycles. The molecule has 0 bridgehead atoms. The Bertz CT molecular complexity index is 757. The Kier molecular flexibility index (Phi) is 2.48. The van der Waals surface area contributed by atoms with Crippen molar-refractivity contribution in [1.29, 1.82) is 0 Å². The summed E-state index contributed by atoms with van der Waals surface area (Å²) in [6.45, 7) is 1.87. The summed E-state index contributed by atoms with van der Waals surface area (Å²) in [4.78, 5) is 4.18. The minimum absolute atomic E-state index is 0.0632. The van der Waals surface area contributed by atoms with Crippen LogP contribution in [-0.2, 0) is 0 Å². The Balaban J connectivity index is 2.44. The van der Waals surface area contributed by atoms with E-state index in [0.717, 1.165) is 5.56 Å². The fourth-order valence-corrected chi connectivity index (χ4v) is 2.19. The van der Waals surface area contributed by atoms with E-state index in [1.54, 1.807) is 12.1 Å². The highest BCUT2D eigenvalue weighted by Gasteiger charge is 2.17. The lowest BCUT2D eigenvalue weighted by Crippen LogP contribution is -2.05. The maximum absolute atomic E-state index is 13.9. The number of nitrogens with zero attached hydrogens (tertiary/aromatic N) is 2. The van der Waals surface area contributed by atoms with Gasteiger partial charge < -0.3 is 5.73 Å². The van der Waals surface area contributed by atoms with Crippen molar-refractivity contribution in [2.75, 3.05) is 5.73 Å². The van der Waals surface area contributed by atoms with Crippen molar-refractivity contribution in [1.82, 2.24) is 9.55 Å². The van der Waals surface area contributed by atoms with Gasteiger partial charge in [-0.15, -0.1) is 0 Å². The SMILES string of the molecule is Cc1cccc2c1nc(N)n2-c1c(F)cccc1F. The minimum atomic E-state index is -0.674. The molecule has 3 aromatic rings. The van der Waals surface area contributed by atoms with Gasteiger partial charge >= 0.3 is 0 Å². The van der Waals surface area contributed by atoms with Crippen LogP contribution in [0.5, 0.6) is 0 Å². The molecule has 5 heteroatoms. The van der Waals surface area contributed by atoms with E-state index in [1.807, 2.05) is 13.0 Å². The highest BCUT2D eigenvalue weighted by molar-refractivity contribution is 5.83. The van der Waals surface area contributed by atoms with Crippen LogP contribution in [0.3, 0.4) is 0 Å². The quantitative estimate of drug-likeness (QED) is 0.729. The Morgan fingerprint density at radius 3 is 2.37 bits per heavy atom. The summed E-state index contributed by atoms with van der Waals surface area (Å²) in [6, 6.07) is 9.11. The molecular weight excluding hydrogens is 248 g/mol. The van der Waals surface area contributed by atoms with Gasteiger partial charge in [-0.2, -0.15) is 0 Å². The molecule has 0 aliphatic heterocycles. The summed E-state index contributed by atoms with van der Waals surface area (Å²) in [7, 11) is 0. The molecule has 0 fully saturated rings. The van der Waals surface area contributed by atoms with Crippen molar-refractivity contribution in [2.45, 2.75) is 6.92 Å². The molecule has 0 saturated carbocycles. The zero-order valence-electron chi connectivity index (χ0n) is 10.2. The maximum Gasteiger partial charge on any atom is 0.206 e. The average molecular weight is 259 g/mol. The van der Waals surface area contributed by atoms with Crippen LogP contribution < -0.4 is 5.73 Å². The number of halogens is 2. The highest BCUT2D eigenvalue weighted by Crippen LogP contribution is 2.28. The first-order valence-electron chi connectivity index (χ1n) is 5.77. The predicted octanol–water partition coefficient (Wildman–Crippen LogP) is 3.19. The van der Waals surface area contributed by atoms with E-state index in [-0.39, 0.29) is 11.6 Å². The lowest BCUT2D eigenvalue weighted by molar-refractivity contribution is 0.572. The van der Waals surface area contributed by atoms with Gasteiger partial charge in [0.1, 0.15) is 17.3 Å². The van der Waals surface area contributed by atoms with Gasteiger partial charge in [-0.3, -0.25) is 4.57 Å². The first-order chi connectivity index (χ1) is 9.09. The van der Waals surface area contributed by atoms with Crippen molar-refractivity contribution in [3.05, 3.63) is 53.6 Å². The van der Waals surface area contributed by atoms with Gasteiger partial charge in [0, 0.05) is 0 Å². The van der Waals surface area contributed by atoms with E-state index >= 15 is 0 Å². The number of para-hydroxylation sites is 2. The van der Waals surface area contributed by atoms with Gasteiger partial charge in [-0.1, -0.05) is 18.2 Å². The number of nitrogens with two attached hydrogens (primary N) is 1. The number of hydrogen-bond acceptors (Lipinski definition) is 2. The smallest absolute Gasteiger partial charge is 0.206 e. The van der Waals surface area contributed by atoms with Crippen molar-refractivity contribution in [3.63, 3.8) is 0 Å². The Hall–Kier alpha value is -2.43. The first kappa shape index (κ1) is 11.6. The number of fused-ring (bicyclic) bond motifs is 1. The lowest BCUT2D eigenvalue weighted by atomic mass is 10.2. The third-order valence-electron chi connectivity index (χ3n) is 3.07. The second-order valence-electron chi connectivity index (χ2n) is 4.32. The zero-order valence-corrected chi connectivity index (χ0v) is 10.2. The van der Waals surface area contributed by atoms with Crippen LogP contribution in [0.4, 0.5) is 14.7 Å². The van der Waals surface area contributed by atoms with Gasteiger partial charge in [-0.05, 0) is 30.7 Å². The van der Waals surface area contributed by atoms with Crippen LogP contribution in [0.25, 0.3) is 16.7 Å². The number of aromatic nitrogens is 2. The van der Waals surface area contributed by atoms with Crippen molar-refractivity contribution >= 4 is 17.0 Å². The third-order valence-corrected chi connectivity index (χ3v) is 3.07. The van der Waals surface area contributed by atoms with E-state index in [1.165, 1.54) is 22.8 Å². The van der Waals surface area contributed by atoms with Crippen LogP contribution in [0.2, 0.25) is 0 Å². The monoisotopic (exact) mass is 259 g/mol. The van der Waals surface area contributed by atoms with Gasteiger partial charge in [-0.25, -0.2) is 13.8 Å².